The quantitative estimate of drug-likeness (QED) is 0.548. The number of hydrogen-bond donors (Lipinski definition) is 2. The van der Waals surface area contributed by atoms with E-state index in [-0.39, 0.29) is 30.4 Å². The lowest BCUT2D eigenvalue weighted by atomic mass is 9.66. The molecule has 0 aliphatic carbocycles. The van der Waals surface area contributed by atoms with Crippen molar-refractivity contribution in [2.75, 3.05) is 45.8 Å². The van der Waals surface area contributed by atoms with Crippen molar-refractivity contribution in [2.24, 2.45) is 11.3 Å². The number of amides is 3. The minimum Gasteiger partial charge on any atom is -0.444 e. The predicted octanol–water partition coefficient (Wildman–Crippen LogP) is 3.48. The van der Waals surface area contributed by atoms with Gasteiger partial charge in [-0.15, -0.1) is 0 Å². The minimum absolute atomic E-state index is 0.106. The third-order valence-corrected chi connectivity index (χ3v) is 7.98. The Kier molecular flexibility index (Phi) is 9.61. The van der Waals surface area contributed by atoms with Gasteiger partial charge in [-0.3, -0.25) is 14.5 Å². The molecule has 2 aliphatic heterocycles. The molecule has 2 saturated heterocycles. The van der Waals surface area contributed by atoms with Gasteiger partial charge in [-0.25, -0.2) is 4.79 Å². The van der Waals surface area contributed by atoms with Crippen molar-refractivity contribution in [1.29, 1.82) is 0 Å². The van der Waals surface area contributed by atoms with E-state index >= 15 is 0 Å². The lowest BCUT2D eigenvalue weighted by molar-refractivity contribution is -0.156. The van der Waals surface area contributed by atoms with Gasteiger partial charge >= 0.3 is 6.09 Å². The van der Waals surface area contributed by atoms with Crippen molar-refractivity contribution >= 4 is 29.5 Å². The van der Waals surface area contributed by atoms with Crippen LogP contribution in [0.2, 0.25) is 5.02 Å². The van der Waals surface area contributed by atoms with Crippen LogP contribution in [0.3, 0.4) is 0 Å². The topological polar surface area (TPSA) is 102 Å². The van der Waals surface area contributed by atoms with Crippen LogP contribution in [0, 0.1) is 11.3 Å². The first kappa shape index (κ1) is 31.2. The normalized spacial score (nSPS) is 22.9. The molecule has 0 bridgehead atoms. The third kappa shape index (κ3) is 7.64. The number of halogens is 1. The molecule has 2 fully saturated rings. The molecular formula is C29H45ClN4O5. The molecule has 0 spiro atoms. The highest BCUT2D eigenvalue weighted by Crippen LogP contribution is 2.46. The second-order valence-corrected chi connectivity index (χ2v) is 13.2. The van der Waals surface area contributed by atoms with Crippen LogP contribution in [-0.2, 0) is 19.9 Å². The summed E-state index contributed by atoms with van der Waals surface area (Å²) in [7, 11) is 0. The summed E-state index contributed by atoms with van der Waals surface area (Å²) < 4.78 is 5.44. The van der Waals surface area contributed by atoms with Gasteiger partial charge in [0.1, 0.15) is 11.6 Å². The Morgan fingerprint density at radius 3 is 2.13 bits per heavy atom. The summed E-state index contributed by atoms with van der Waals surface area (Å²) in [5.74, 6) is -0.466. The number of nitrogens with one attached hydrogen (secondary N) is 1. The Labute approximate surface area is 237 Å². The monoisotopic (exact) mass is 564 g/mol. The van der Waals surface area contributed by atoms with Gasteiger partial charge in [0.2, 0.25) is 11.8 Å². The van der Waals surface area contributed by atoms with Gasteiger partial charge in [0.25, 0.3) is 0 Å². The van der Waals surface area contributed by atoms with Crippen molar-refractivity contribution in [3.63, 3.8) is 0 Å². The number of likely N-dealkylation sites (tertiary alicyclic amines) is 1. The van der Waals surface area contributed by atoms with E-state index in [9.17, 15) is 19.5 Å². The number of ether oxygens (including phenoxy) is 1. The van der Waals surface area contributed by atoms with E-state index in [1.165, 1.54) is 0 Å². The zero-order valence-corrected chi connectivity index (χ0v) is 25.2. The van der Waals surface area contributed by atoms with Crippen LogP contribution in [0.4, 0.5) is 4.79 Å². The highest BCUT2D eigenvalue weighted by molar-refractivity contribution is 6.30. The summed E-state index contributed by atoms with van der Waals surface area (Å²) >= 11 is 6.05. The van der Waals surface area contributed by atoms with Crippen LogP contribution >= 0.6 is 11.6 Å². The highest BCUT2D eigenvalue weighted by Gasteiger charge is 2.50. The lowest BCUT2D eigenvalue weighted by Crippen LogP contribution is -2.61. The Morgan fingerprint density at radius 2 is 1.62 bits per heavy atom. The first-order valence-electron chi connectivity index (χ1n) is 13.8. The Hall–Kier alpha value is -2.36. The van der Waals surface area contributed by atoms with Crippen LogP contribution in [0.15, 0.2) is 24.3 Å². The first-order valence-corrected chi connectivity index (χ1v) is 14.2. The molecule has 39 heavy (non-hydrogen) atoms. The number of piperazine rings is 1. The van der Waals surface area contributed by atoms with Gasteiger partial charge in [0.05, 0.1) is 12.1 Å². The van der Waals surface area contributed by atoms with Crippen molar-refractivity contribution in [3.05, 3.63) is 34.9 Å². The van der Waals surface area contributed by atoms with E-state index in [2.05, 4.69) is 5.32 Å². The molecule has 2 atom stereocenters. The van der Waals surface area contributed by atoms with Crippen LogP contribution in [0.1, 0.15) is 60.5 Å². The van der Waals surface area contributed by atoms with E-state index in [1.54, 1.807) is 21.9 Å². The van der Waals surface area contributed by atoms with Gasteiger partial charge in [0, 0.05) is 49.7 Å². The maximum absolute atomic E-state index is 13.6. The molecule has 0 aromatic heterocycles. The summed E-state index contributed by atoms with van der Waals surface area (Å²) in [5, 5.41) is 15.2. The number of piperidine rings is 1. The van der Waals surface area contributed by atoms with E-state index in [0.29, 0.717) is 50.7 Å². The molecule has 10 heteroatoms. The fourth-order valence-electron chi connectivity index (χ4n) is 5.32. The SMILES string of the molecule is CC(C)C(NC(=O)CN1CCN(C(=O)OC(C)(C)C)CC1)C(=O)N1CCC(O)(c2ccc(Cl)cc2)C(C)(C)C1. The summed E-state index contributed by atoms with van der Waals surface area (Å²) in [5.41, 5.74) is -1.49. The second kappa shape index (κ2) is 12.0. The summed E-state index contributed by atoms with van der Waals surface area (Å²) in [6.45, 7) is 16.2. The number of nitrogens with zero attached hydrogens (tertiary/aromatic N) is 3. The highest BCUT2D eigenvalue weighted by atomic mass is 35.5. The van der Waals surface area contributed by atoms with Gasteiger partial charge in [-0.05, 0) is 50.8 Å². The number of benzene rings is 1. The van der Waals surface area contributed by atoms with Crippen molar-refractivity contribution < 1.29 is 24.2 Å². The fourth-order valence-corrected chi connectivity index (χ4v) is 5.44. The Bertz CT molecular complexity index is 1030. The standard InChI is InChI=1S/C29H45ClN4O5/c1-20(2)24(31-23(35)18-32-14-16-33(17-15-32)26(37)39-27(3,4)5)25(36)34-13-12-29(38,28(6,7)19-34)21-8-10-22(30)11-9-21/h8-11,20,24,38H,12-19H2,1-7H3,(H,31,35). The van der Waals surface area contributed by atoms with E-state index in [0.717, 1.165) is 5.56 Å². The van der Waals surface area contributed by atoms with Gasteiger partial charge in [-0.1, -0.05) is 51.4 Å². The molecule has 2 N–H and O–H groups in total. The molecule has 2 unspecified atom stereocenters. The third-order valence-electron chi connectivity index (χ3n) is 7.72. The molecule has 9 nitrogen and oxygen atoms in total. The van der Waals surface area contributed by atoms with Crippen molar-refractivity contribution in [1.82, 2.24) is 20.0 Å². The maximum atomic E-state index is 13.6. The maximum Gasteiger partial charge on any atom is 0.410 e. The minimum atomic E-state index is -1.10. The summed E-state index contributed by atoms with van der Waals surface area (Å²) in [4.78, 5) is 44.3. The zero-order valence-electron chi connectivity index (χ0n) is 24.4. The van der Waals surface area contributed by atoms with Crippen LogP contribution in [0.5, 0.6) is 0 Å². The molecule has 2 heterocycles. The second-order valence-electron chi connectivity index (χ2n) is 12.8. The molecule has 218 valence electrons. The van der Waals surface area contributed by atoms with Crippen molar-refractivity contribution in [2.45, 2.75) is 72.1 Å². The molecule has 0 saturated carbocycles. The Balaban J connectivity index is 1.57. The van der Waals surface area contributed by atoms with E-state index < -0.39 is 22.7 Å². The number of carbonyl (C=O) groups excluding carboxylic acids is 3. The zero-order chi connectivity index (χ0) is 29.2. The molecule has 0 radical (unpaired) electrons. The smallest absolute Gasteiger partial charge is 0.410 e. The van der Waals surface area contributed by atoms with Crippen molar-refractivity contribution in [3.8, 4) is 0 Å². The molecule has 1 aromatic carbocycles. The average molecular weight is 565 g/mol. The lowest BCUT2D eigenvalue weighted by Gasteiger charge is -2.51. The predicted molar refractivity (Wildman–Crippen MR) is 151 cm³/mol. The van der Waals surface area contributed by atoms with Crippen LogP contribution in [-0.4, -0.2) is 95.2 Å². The molecule has 3 rings (SSSR count). The van der Waals surface area contributed by atoms with Gasteiger partial charge < -0.3 is 25.0 Å². The summed E-state index contributed by atoms with van der Waals surface area (Å²) in [6.07, 6.45) is 0.0399. The van der Waals surface area contributed by atoms with Gasteiger partial charge in [0.15, 0.2) is 0 Å². The molecular weight excluding hydrogens is 520 g/mol. The number of rotatable bonds is 6. The number of carbonyl (C=O) groups is 3. The average Bonchev–Trinajstić information content (AvgIpc) is 2.83. The molecule has 2 aliphatic rings. The largest absolute Gasteiger partial charge is 0.444 e. The fraction of sp³-hybridized carbons (Fsp3) is 0.690. The van der Waals surface area contributed by atoms with Gasteiger partial charge in [-0.2, -0.15) is 0 Å². The molecule has 1 aromatic rings. The van der Waals surface area contributed by atoms with E-state index in [4.69, 9.17) is 16.3 Å². The first-order chi connectivity index (χ1) is 18.0. The molecule has 3 amide bonds. The summed E-state index contributed by atoms with van der Waals surface area (Å²) in [6, 6.07) is 6.55. The van der Waals surface area contributed by atoms with Crippen LogP contribution < -0.4 is 5.32 Å². The number of aliphatic hydroxyl groups is 1. The van der Waals surface area contributed by atoms with E-state index in [1.807, 2.05) is 65.5 Å². The Morgan fingerprint density at radius 1 is 1.03 bits per heavy atom. The van der Waals surface area contributed by atoms with Crippen LogP contribution in [0.25, 0.3) is 0 Å². The number of hydrogen-bond acceptors (Lipinski definition) is 6.